The Labute approximate surface area is 149 Å². The molecular formula is C19H15ClO5. The van der Waals surface area contributed by atoms with Gasteiger partial charge in [0.05, 0.1) is 5.56 Å². The van der Waals surface area contributed by atoms with Crippen LogP contribution in [-0.2, 0) is 9.53 Å². The number of halogens is 1. The van der Waals surface area contributed by atoms with Crippen LogP contribution in [0.2, 0.25) is 5.02 Å². The summed E-state index contributed by atoms with van der Waals surface area (Å²) in [6.45, 7) is 1.57. The first-order valence-corrected chi connectivity index (χ1v) is 7.90. The van der Waals surface area contributed by atoms with Crippen molar-refractivity contribution in [1.82, 2.24) is 0 Å². The standard InChI is InChI=1S/C19H15ClO5/c1-11-15(24-17(21)10-23-2)7-6-14-18(22)16(25-19(11)14)9-12-4-3-5-13(20)8-12/h3-9H,10H2,1-2H3/b16-9-. The molecule has 1 aliphatic rings. The molecule has 0 aliphatic carbocycles. The van der Waals surface area contributed by atoms with Crippen LogP contribution in [0.1, 0.15) is 21.5 Å². The van der Waals surface area contributed by atoms with Crippen LogP contribution >= 0.6 is 11.6 Å². The monoisotopic (exact) mass is 358 g/mol. The number of carbonyl (C=O) groups is 2. The minimum Gasteiger partial charge on any atom is -0.452 e. The van der Waals surface area contributed by atoms with Crippen molar-refractivity contribution >= 4 is 29.4 Å². The highest BCUT2D eigenvalue weighted by molar-refractivity contribution is 6.30. The van der Waals surface area contributed by atoms with Crippen LogP contribution in [-0.4, -0.2) is 25.5 Å². The number of carbonyl (C=O) groups excluding carboxylic acids is 2. The van der Waals surface area contributed by atoms with E-state index in [0.717, 1.165) is 5.56 Å². The van der Waals surface area contributed by atoms with Gasteiger partial charge in [0.2, 0.25) is 5.78 Å². The van der Waals surface area contributed by atoms with Crippen molar-refractivity contribution in [3.63, 3.8) is 0 Å². The number of esters is 1. The molecular weight excluding hydrogens is 344 g/mol. The third kappa shape index (κ3) is 3.57. The Morgan fingerprint density at radius 1 is 1.28 bits per heavy atom. The van der Waals surface area contributed by atoms with Gasteiger partial charge in [-0.1, -0.05) is 23.7 Å². The molecule has 0 atom stereocenters. The van der Waals surface area contributed by atoms with Gasteiger partial charge in [0, 0.05) is 17.7 Å². The Morgan fingerprint density at radius 2 is 2.08 bits per heavy atom. The van der Waals surface area contributed by atoms with Gasteiger partial charge in [-0.2, -0.15) is 0 Å². The van der Waals surface area contributed by atoms with E-state index in [0.29, 0.717) is 27.6 Å². The molecule has 0 amide bonds. The second-order valence-corrected chi connectivity index (χ2v) is 5.90. The molecule has 0 unspecified atom stereocenters. The smallest absolute Gasteiger partial charge is 0.337 e. The molecule has 0 radical (unpaired) electrons. The van der Waals surface area contributed by atoms with Crippen molar-refractivity contribution in [1.29, 1.82) is 0 Å². The first-order valence-electron chi connectivity index (χ1n) is 7.52. The zero-order valence-electron chi connectivity index (χ0n) is 13.7. The highest BCUT2D eigenvalue weighted by atomic mass is 35.5. The maximum atomic E-state index is 12.5. The molecule has 128 valence electrons. The minimum atomic E-state index is -0.524. The number of allylic oxidation sites excluding steroid dienone is 1. The molecule has 2 aromatic carbocycles. The summed E-state index contributed by atoms with van der Waals surface area (Å²) in [6, 6.07) is 10.3. The molecule has 0 saturated carbocycles. The van der Waals surface area contributed by atoms with Gasteiger partial charge < -0.3 is 14.2 Å². The molecule has 0 bridgehead atoms. The fourth-order valence-electron chi connectivity index (χ4n) is 2.50. The van der Waals surface area contributed by atoms with Crippen LogP contribution in [0.15, 0.2) is 42.2 Å². The molecule has 25 heavy (non-hydrogen) atoms. The first-order chi connectivity index (χ1) is 12.0. The summed E-state index contributed by atoms with van der Waals surface area (Å²) in [7, 11) is 1.41. The molecule has 0 N–H and O–H groups in total. The third-order valence-corrected chi connectivity index (χ3v) is 3.90. The van der Waals surface area contributed by atoms with Gasteiger partial charge in [0.25, 0.3) is 0 Å². The summed E-state index contributed by atoms with van der Waals surface area (Å²) in [6.07, 6.45) is 1.63. The van der Waals surface area contributed by atoms with Crippen LogP contribution in [0.25, 0.3) is 6.08 Å². The molecule has 0 saturated heterocycles. The van der Waals surface area contributed by atoms with Crippen LogP contribution in [0.4, 0.5) is 0 Å². The molecule has 6 heteroatoms. The number of benzene rings is 2. The summed E-state index contributed by atoms with van der Waals surface area (Å²) in [5.74, 6) is 0.164. The van der Waals surface area contributed by atoms with Gasteiger partial charge in [0.15, 0.2) is 5.76 Å². The van der Waals surface area contributed by atoms with E-state index in [-0.39, 0.29) is 18.1 Å². The lowest BCUT2D eigenvalue weighted by molar-refractivity contribution is -0.138. The van der Waals surface area contributed by atoms with E-state index in [1.54, 1.807) is 43.3 Å². The molecule has 0 aromatic heterocycles. The van der Waals surface area contributed by atoms with Gasteiger partial charge in [-0.05, 0) is 42.8 Å². The van der Waals surface area contributed by atoms with Gasteiger partial charge in [-0.25, -0.2) is 4.79 Å². The Kier molecular flexibility index (Phi) is 4.88. The van der Waals surface area contributed by atoms with Crippen molar-refractivity contribution in [2.24, 2.45) is 0 Å². The molecule has 5 nitrogen and oxygen atoms in total. The number of fused-ring (bicyclic) bond motifs is 1. The average Bonchev–Trinajstić information content (AvgIpc) is 2.88. The highest BCUT2D eigenvalue weighted by Crippen LogP contribution is 2.39. The van der Waals surface area contributed by atoms with E-state index >= 15 is 0 Å². The van der Waals surface area contributed by atoms with Gasteiger partial charge >= 0.3 is 5.97 Å². The number of ether oxygens (including phenoxy) is 3. The lowest BCUT2D eigenvalue weighted by atomic mass is 10.1. The van der Waals surface area contributed by atoms with E-state index in [9.17, 15) is 9.59 Å². The number of hydrogen-bond acceptors (Lipinski definition) is 5. The van der Waals surface area contributed by atoms with E-state index < -0.39 is 5.97 Å². The van der Waals surface area contributed by atoms with E-state index in [4.69, 9.17) is 25.8 Å². The lowest BCUT2D eigenvalue weighted by Crippen LogP contribution is -2.14. The normalized spacial score (nSPS) is 14.4. The summed E-state index contributed by atoms with van der Waals surface area (Å²) >= 11 is 5.96. The van der Waals surface area contributed by atoms with Gasteiger partial charge in [-0.3, -0.25) is 4.79 Å². The third-order valence-electron chi connectivity index (χ3n) is 3.67. The number of hydrogen-bond donors (Lipinski definition) is 0. The summed E-state index contributed by atoms with van der Waals surface area (Å²) in [5, 5.41) is 0.570. The largest absolute Gasteiger partial charge is 0.452 e. The van der Waals surface area contributed by atoms with E-state index in [2.05, 4.69) is 0 Å². The summed E-state index contributed by atoms with van der Waals surface area (Å²) in [4.78, 5) is 24.1. The van der Waals surface area contributed by atoms with E-state index in [1.165, 1.54) is 7.11 Å². The van der Waals surface area contributed by atoms with Crippen molar-refractivity contribution in [2.75, 3.05) is 13.7 Å². The zero-order chi connectivity index (χ0) is 18.0. The molecule has 1 aliphatic heterocycles. The highest BCUT2D eigenvalue weighted by Gasteiger charge is 2.30. The van der Waals surface area contributed by atoms with Crippen LogP contribution in [0, 0.1) is 6.92 Å². The van der Waals surface area contributed by atoms with Gasteiger partial charge in [0.1, 0.15) is 18.1 Å². The maximum absolute atomic E-state index is 12.5. The number of ketones is 1. The van der Waals surface area contributed by atoms with Crippen molar-refractivity contribution in [3.05, 3.63) is 63.9 Å². The SMILES string of the molecule is COCC(=O)Oc1ccc2c(c1C)O/C(=C\c1cccc(Cl)c1)C2=O. The van der Waals surface area contributed by atoms with Gasteiger partial charge in [-0.15, -0.1) is 0 Å². The second-order valence-electron chi connectivity index (χ2n) is 5.47. The number of rotatable bonds is 4. The van der Waals surface area contributed by atoms with Crippen molar-refractivity contribution < 1.29 is 23.8 Å². The first kappa shape index (κ1) is 17.2. The van der Waals surface area contributed by atoms with Crippen LogP contribution < -0.4 is 9.47 Å². The Hall–Kier alpha value is -2.63. The quantitative estimate of drug-likeness (QED) is 0.472. The molecule has 2 aromatic rings. The zero-order valence-corrected chi connectivity index (χ0v) is 14.4. The van der Waals surface area contributed by atoms with E-state index in [1.807, 2.05) is 6.07 Å². The maximum Gasteiger partial charge on any atom is 0.337 e. The number of Topliss-reactive ketones (excluding diaryl/α,β-unsaturated/α-hetero) is 1. The second kappa shape index (κ2) is 7.09. The lowest BCUT2D eigenvalue weighted by Gasteiger charge is -2.09. The Bertz CT molecular complexity index is 885. The minimum absolute atomic E-state index is 0.157. The fraction of sp³-hybridized carbons (Fsp3) is 0.158. The fourth-order valence-corrected chi connectivity index (χ4v) is 2.69. The molecule has 0 fully saturated rings. The molecule has 0 spiro atoms. The van der Waals surface area contributed by atoms with Crippen molar-refractivity contribution in [2.45, 2.75) is 6.92 Å². The summed E-state index contributed by atoms with van der Waals surface area (Å²) in [5.41, 5.74) is 1.76. The topological polar surface area (TPSA) is 61.8 Å². The summed E-state index contributed by atoms with van der Waals surface area (Å²) < 4.78 is 15.7. The Morgan fingerprint density at radius 3 is 2.80 bits per heavy atom. The predicted octanol–water partition coefficient (Wildman–Crippen LogP) is 3.82. The Balaban J connectivity index is 1.91. The number of methoxy groups -OCH3 is 1. The van der Waals surface area contributed by atoms with Crippen LogP contribution in [0.3, 0.4) is 0 Å². The van der Waals surface area contributed by atoms with Crippen LogP contribution in [0.5, 0.6) is 11.5 Å². The molecule has 1 heterocycles. The average molecular weight is 359 g/mol. The van der Waals surface area contributed by atoms with Crippen molar-refractivity contribution in [3.8, 4) is 11.5 Å². The predicted molar refractivity (Wildman–Crippen MR) is 93.1 cm³/mol. The molecule has 3 rings (SSSR count).